The molecule has 0 aliphatic carbocycles. The molecule has 0 unspecified atom stereocenters. The molecule has 3 N–H and O–H groups in total. The molecule has 0 radical (unpaired) electrons. The molecule has 8 heteroatoms. The first-order chi connectivity index (χ1) is 8.76. The molecule has 92 valence electrons. The van der Waals surface area contributed by atoms with E-state index in [9.17, 15) is 0 Å². The number of rotatable bonds is 3. The van der Waals surface area contributed by atoms with Crippen LogP contribution in [-0.4, -0.2) is 19.4 Å². The van der Waals surface area contributed by atoms with Crippen molar-refractivity contribution in [1.29, 1.82) is 0 Å². The number of fused-ring (bicyclic) bond motifs is 1. The van der Waals surface area contributed by atoms with Gasteiger partial charge in [-0.15, -0.1) is 0 Å². The van der Waals surface area contributed by atoms with Gasteiger partial charge >= 0.3 is 0 Å². The monoisotopic (exact) mass is 262 g/mol. The van der Waals surface area contributed by atoms with Crippen molar-refractivity contribution >= 4 is 23.2 Å². The third-order valence-electron chi connectivity index (χ3n) is 2.27. The molecule has 0 aromatic carbocycles. The van der Waals surface area contributed by atoms with Crippen LogP contribution in [0, 0.1) is 6.92 Å². The zero-order chi connectivity index (χ0) is 12.5. The highest BCUT2D eigenvalue weighted by Crippen LogP contribution is 2.29. The van der Waals surface area contributed by atoms with Gasteiger partial charge in [0.2, 0.25) is 0 Å². The number of hydrogen-bond acceptors (Lipinski definition) is 7. The van der Waals surface area contributed by atoms with Gasteiger partial charge in [0.05, 0.1) is 11.9 Å². The summed E-state index contributed by atoms with van der Waals surface area (Å²) in [5, 5.41) is 1.20. The van der Waals surface area contributed by atoms with E-state index in [1.54, 1.807) is 18.7 Å². The molecular weight excluding hydrogens is 252 g/mol. The Bertz CT molecular complexity index is 691. The Morgan fingerprint density at radius 3 is 3.06 bits per heavy atom. The van der Waals surface area contributed by atoms with E-state index in [0.29, 0.717) is 16.1 Å². The SMILES string of the molecule is Cc1coc(Sc2nc(NN)cn3ccnc23)n1. The van der Waals surface area contributed by atoms with Crippen molar-refractivity contribution in [3.63, 3.8) is 0 Å². The number of anilines is 1. The second kappa shape index (κ2) is 4.31. The minimum atomic E-state index is 0.527. The maximum absolute atomic E-state index is 5.38. The number of aromatic nitrogens is 4. The van der Waals surface area contributed by atoms with Gasteiger partial charge in [-0.05, 0) is 18.7 Å². The summed E-state index contributed by atoms with van der Waals surface area (Å²) in [6, 6.07) is 0. The van der Waals surface area contributed by atoms with Crippen LogP contribution in [0.4, 0.5) is 5.82 Å². The molecule has 0 saturated heterocycles. The lowest BCUT2D eigenvalue weighted by atomic mass is 10.6. The number of hydrazine groups is 1. The van der Waals surface area contributed by atoms with Crippen LogP contribution in [0.25, 0.3) is 5.65 Å². The molecule has 0 aliphatic heterocycles. The fourth-order valence-corrected chi connectivity index (χ4v) is 2.35. The Balaban J connectivity index is 2.06. The number of hydrogen-bond donors (Lipinski definition) is 2. The average Bonchev–Trinajstić information content (AvgIpc) is 2.98. The summed E-state index contributed by atoms with van der Waals surface area (Å²) in [7, 11) is 0. The summed E-state index contributed by atoms with van der Waals surface area (Å²) in [6.45, 7) is 1.87. The van der Waals surface area contributed by atoms with Gasteiger partial charge in [-0.2, -0.15) is 0 Å². The van der Waals surface area contributed by atoms with Crippen molar-refractivity contribution in [2.24, 2.45) is 5.84 Å². The van der Waals surface area contributed by atoms with E-state index in [4.69, 9.17) is 10.3 Å². The lowest BCUT2D eigenvalue weighted by Gasteiger charge is -2.04. The molecule has 0 bridgehead atoms. The molecule has 3 aromatic heterocycles. The number of nitrogens with zero attached hydrogens (tertiary/aromatic N) is 4. The normalized spacial score (nSPS) is 11.0. The first-order valence-electron chi connectivity index (χ1n) is 5.16. The highest BCUT2D eigenvalue weighted by molar-refractivity contribution is 7.99. The molecule has 3 rings (SSSR count). The molecule has 0 amide bonds. The van der Waals surface area contributed by atoms with E-state index in [2.05, 4.69) is 20.4 Å². The Labute approximate surface area is 106 Å². The number of aryl methyl sites for hydroxylation is 1. The smallest absolute Gasteiger partial charge is 0.262 e. The molecule has 3 heterocycles. The summed E-state index contributed by atoms with van der Waals surface area (Å²) >= 11 is 1.30. The van der Waals surface area contributed by atoms with E-state index >= 15 is 0 Å². The maximum Gasteiger partial charge on any atom is 0.262 e. The van der Waals surface area contributed by atoms with Crippen LogP contribution in [0.3, 0.4) is 0 Å². The van der Waals surface area contributed by atoms with Crippen LogP contribution in [0.1, 0.15) is 5.69 Å². The number of nitrogen functional groups attached to an aromatic ring is 1. The van der Waals surface area contributed by atoms with Crippen LogP contribution < -0.4 is 11.3 Å². The number of imidazole rings is 1. The number of nitrogens with one attached hydrogen (secondary N) is 1. The molecule has 18 heavy (non-hydrogen) atoms. The van der Waals surface area contributed by atoms with Gasteiger partial charge in [-0.3, -0.25) is 0 Å². The minimum absolute atomic E-state index is 0.527. The van der Waals surface area contributed by atoms with E-state index < -0.39 is 0 Å². The molecule has 7 nitrogen and oxygen atoms in total. The quantitative estimate of drug-likeness (QED) is 0.545. The van der Waals surface area contributed by atoms with Crippen LogP contribution >= 0.6 is 11.8 Å². The van der Waals surface area contributed by atoms with Crippen molar-refractivity contribution in [2.45, 2.75) is 17.2 Å². The Kier molecular flexibility index (Phi) is 2.65. The lowest BCUT2D eigenvalue weighted by Crippen LogP contribution is -2.10. The third-order valence-corrected chi connectivity index (χ3v) is 3.10. The van der Waals surface area contributed by atoms with Crippen molar-refractivity contribution in [1.82, 2.24) is 19.4 Å². The Hall–Kier alpha value is -2.06. The first-order valence-corrected chi connectivity index (χ1v) is 5.98. The lowest BCUT2D eigenvalue weighted by molar-refractivity contribution is 0.454. The van der Waals surface area contributed by atoms with E-state index in [1.807, 2.05) is 17.5 Å². The van der Waals surface area contributed by atoms with E-state index in [-0.39, 0.29) is 0 Å². The maximum atomic E-state index is 5.38. The zero-order valence-corrected chi connectivity index (χ0v) is 10.3. The topological polar surface area (TPSA) is 94.3 Å². The highest BCUT2D eigenvalue weighted by Gasteiger charge is 2.12. The second-order valence-electron chi connectivity index (χ2n) is 3.59. The molecule has 0 atom stereocenters. The van der Waals surface area contributed by atoms with Gasteiger partial charge in [0.15, 0.2) is 16.5 Å². The predicted octanol–water partition coefficient (Wildman–Crippen LogP) is 1.46. The summed E-state index contributed by atoms with van der Waals surface area (Å²) in [5.74, 6) is 5.93. The van der Waals surface area contributed by atoms with Gasteiger partial charge in [0.1, 0.15) is 6.26 Å². The molecule has 0 saturated carbocycles. The molecule has 0 aliphatic rings. The van der Waals surface area contributed by atoms with Gasteiger partial charge in [0, 0.05) is 12.4 Å². The fourth-order valence-electron chi connectivity index (χ4n) is 1.50. The van der Waals surface area contributed by atoms with Crippen LogP contribution in [-0.2, 0) is 0 Å². The van der Waals surface area contributed by atoms with Crippen LogP contribution in [0.2, 0.25) is 0 Å². The summed E-state index contributed by atoms with van der Waals surface area (Å²) < 4.78 is 7.12. The van der Waals surface area contributed by atoms with E-state index in [1.165, 1.54) is 11.8 Å². The zero-order valence-electron chi connectivity index (χ0n) is 9.49. The molecular formula is C10H10N6OS. The summed E-state index contributed by atoms with van der Waals surface area (Å²) in [6.07, 6.45) is 6.87. The third kappa shape index (κ3) is 1.91. The Morgan fingerprint density at radius 2 is 2.33 bits per heavy atom. The minimum Gasteiger partial charge on any atom is -0.439 e. The number of nitrogens with two attached hydrogens (primary N) is 1. The van der Waals surface area contributed by atoms with Crippen molar-refractivity contribution in [3.8, 4) is 0 Å². The fraction of sp³-hybridized carbons (Fsp3) is 0.100. The van der Waals surface area contributed by atoms with Gasteiger partial charge < -0.3 is 14.2 Å². The van der Waals surface area contributed by atoms with Gasteiger partial charge in [0.25, 0.3) is 5.22 Å². The number of oxazole rings is 1. The Morgan fingerprint density at radius 1 is 1.44 bits per heavy atom. The van der Waals surface area contributed by atoms with Crippen molar-refractivity contribution < 1.29 is 4.42 Å². The standard InChI is InChI=1S/C10H10N6OS/c1-6-5-17-10(13-6)18-9-8-12-2-3-16(8)4-7(14-9)15-11/h2-5,15H,11H2,1H3. The molecule has 0 fully saturated rings. The van der Waals surface area contributed by atoms with Crippen molar-refractivity contribution in [2.75, 3.05) is 5.43 Å². The van der Waals surface area contributed by atoms with Crippen molar-refractivity contribution in [3.05, 3.63) is 30.5 Å². The highest BCUT2D eigenvalue weighted by atomic mass is 32.2. The second-order valence-corrected chi connectivity index (χ2v) is 4.53. The first kappa shape index (κ1) is 11.1. The van der Waals surface area contributed by atoms with Crippen LogP contribution in [0.15, 0.2) is 39.5 Å². The predicted molar refractivity (Wildman–Crippen MR) is 66.2 cm³/mol. The molecule has 3 aromatic rings. The van der Waals surface area contributed by atoms with E-state index in [0.717, 1.165) is 11.3 Å². The van der Waals surface area contributed by atoms with Crippen LogP contribution in [0.5, 0.6) is 0 Å². The van der Waals surface area contributed by atoms with Gasteiger partial charge in [-0.25, -0.2) is 20.8 Å². The average molecular weight is 262 g/mol. The molecule has 0 spiro atoms. The summed E-state index contributed by atoms with van der Waals surface area (Å²) in [5.41, 5.74) is 4.07. The largest absolute Gasteiger partial charge is 0.439 e. The summed E-state index contributed by atoms with van der Waals surface area (Å²) in [4.78, 5) is 12.8. The van der Waals surface area contributed by atoms with Gasteiger partial charge in [-0.1, -0.05) is 0 Å².